The maximum Gasteiger partial charge on any atom is 0.305 e. The highest BCUT2D eigenvalue weighted by atomic mass is 16.6. The van der Waals surface area contributed by atoms with E-state index < -0.39 is 5.97 Å². The van der Waals surface area contributed by atoms with Gasteiger partial charge in [0.15, 0.2) is 0 Å². The second-order valence-electron chi connectivity index (χ2n) is 7.46. The van der Waals surface area contributed by atoms with Crippen LogP contribution < -0.4 is 10.5 Å². The molecule has 1 aromatic carbocycles. The quantitative estimate of drug-likeness (QED) is 0.118. The molecule has 0 amide bonds. The molecule has 0 saturated heterocycles. The van der Waals surface area contributed by atoms with Crippen LogP contribution >= 0.6 is 0 Å². The average molecular weight is 534 g/mol. The minimum absolute atomic E-state index is 0.0000760. The van der Waals surface area contributed by atoms with Crippen LogP contribution in [0.5, 0.6) is 5.75 Å². The van der Waals surface area contributed by atoms with Crippen molar-refractivity contribution in [2.24, 2.45) is 0 Å². The number of carboxylic acids is 1. The summed E-state index contributed by atoms with van der Waals surface area (Å²) in [5, 5.41) is 8.46. The Labute approximate surface area is 219 Å². The molecule has 0 radical (unpaired) electrons. The van der Waals surface area contributed by atoms with Crippen LogP contribution in [0.1, 0.15) is 6.42 Å². The van der Waals surface area contributed by atoms with Crippen molar-refractivity contribution in [1.29, 1.82) is 0 Å². The number of carboxylic acid groups (broad SMARTS) is 1. The van der Waals surface area contributed by atoms with E-state index >= 15 is 0 Å². The molecular formula is C25H43NO11. The van der Waals surface area contributed by atoms with Crippen molar-refractivity contribution in [3.63, 3.8) is 0 Å². The Morgan fingerprint density at radius 3 is 1.14 bits per heavy atom. The SMILES string of the molecule is Nc1ccc(OCCOCCOCCOCCOCCOCCOCCOCCOCCC(=O)O)cc1. The van der Waals surface area contributed by atoms with Gasteiger partial charge in [0.2, 0.25) is 0 Å². The zero-order valence-electron chi connectivity index (χ0n) is 21.6. The number of carbonyl (C=O) groups is 1. The summed E-state index contributed by atoms with van der Waals surface area (Å²) in [6.45, 7) is 7.77. The summed E-state index contributed by atoms with van der Waals surface area (Å²) >= 11 is 0. The molecule has 214 valence electrons. The molecule has 3 N–H and O–H groups in total. The van der Waals surface area contributed by atoms with Gasteiger partial charge < -0.3 is 53.5 Å². The first-order valence-corrected chi connectivity index (χ1v) is 12.5. The van der Waals surface area contributed by atoms with E-state index in [1.54, 1.807) is 12.1 Å². The van der Waals surface area contributed by atoms with Gasteiger partial charge in [-0.1, -0.05) is 0 Å². The van der Waals surface area contributed by atoms with Gasteiger partial charge >= 0.3 is 5.97 Å². The van der Waals surface area contributed by atoms with Crippen LogP contribution in [0.3, 0.4) is 0 Å². The van der Waals surface area contributed by atoms with E-state index in [9.17, 15) is 4.79 Å². The molecule has 0 fully saturated rings. The highest BCUT2D eigenvalue weighted by Gasteiger charge is 1.98. The van der Waals surface area contributed by atoms with Crippen LogP contribution in [0.2, 0.25) is 0 Å². The summed E-state index contributed by atoms with van der Waals surface area (Å²) in [6, 6.07) is 7.24. The van der Waals surface area contributed by atoms with E-state index in [2.05, 4.69) is 0 Å². The van der Waals surface area contributed by atoms with Gasteiger partial charge in [-0.25, -0.2) is 0 Å². The van der Waals surface area contributed by atoms with Gasteiger partial charge in [0.25, 0.3) is 0 Å². The van der Waals surface area contributed by atoms with E-state index in [1.165, 1.54) is 0 Å². The number of anilines is 1. The Kier molecular flexibility index (Phi) is 22.8. The van der Waals surface area contributed by atoms with Crippen molar-refractivity contribution in [3.8, 4) is 5.75 Å². The van der Waals surface area contributed by atoms with Crippen LogP contribution in [0, 0.1) is 0 Å². The minimum Gasteiger partial charge on any atom is -0.491 e. The summed E-state index contributed by atoms with van der Waals surface area (Å²) < 4.78 is 48.5. The largest absolute Gasteiger partial charge is 0.491 e. The van der Waals surface area contributed by atoms with Gasteiger partial charge in [0.1, 0.15) is 12.4 Å². The van der Waals surface area contributed by atoms with Gasteiger partial charge in [-0.3, -0.25) is 4.79 Å². The first-order valence-electron chi connectivity index (χ1n) is 12.5. The fraction of sp³-hybridized carbons (Fsp3) is 0.720. The van der Waals surface area contributed by atoms with Crippen LogP contribution in [0.15, 0.2) is 24.3 Å². The van der Waals surface area contributed by atoms with Gasteiger partial charge in [-0.05, 0) is 24.3 Å². The monoisotopic (exact) mass is 533 g/mol. The van der Waals surface area contributed by atoms with Crippen LogP contribution in [0.25, 0.3) is 0 Å². The molecule has 0 aliphatic rings. The normalized spacial score (nSPS) is 11.1. The number of rotatable bonds is 28. The fourth-order valence-electron chi connectivity index (χ4n) is 2.58. The highest BCUT2D eigenvalue weighted by molar-refractivity contribution is 5.66. The Morgan fingerprint density at radius 1 is 0.514 bits per heavy atom. The van der Waals surface area contributed by atoms with E-state index in [1.807, 2.05) is 12.1 Å². The number of nitrogen functional groups attached to an aromatic ring is 1. The van der Waals surface area contributed by atoms with Crippen molar-refractivity contribution >= 4 is 11.7 Å². The number of benzene rings is 1. The third-order valence-electron chi connectivity index (χ3n) is 4.44. The number of hydrogen-bond acceptors (Lipinski definition) is 11. The smallest absolute Gasteiger partial charge is 0.305 e. The maximum atomic E-state index is 10.3. The predicted octanol–water partition coefficient (Wildman–Crippen LogP) is 1.26. The molecule has 0 bridgehead atoms. The second kappa shape index (κ2) is 25.6. The van der Waals surface area contributed by atoms with E-state index in [0.29, 0.717) is 111 Å². The Bertz CT molecular complexity index is 634. The summed E-state index contributed by atoms with van der Waals surface area (Å²) in [7, 11) is 0. The zero-order chi connectivity index (χ0) is 26.7. The Morgan fingerprint density at radius 2 is 0.811 bits per heavy atom. The third kappa shape index (κ3) is 24.1. The predicted molar refractivity (Wildman–Crippen MR) is 135 cm³/mol. The molecule has 1 rings (SSSR count). The highest BCUT2D eigenvalue weighted by Crippen LogP contribution is 2.12. The van der Waals surface area contributed by atoms with Crippen molar-refractivity contribution in [2.75, 3.05) is 118 Å². The van der Waals surface area contributed by atoms with Crippen molar-refractivity contribution in [1.82, 2.24) is 0 Å². The summed E-state index contributed by atoms with van der Waals surface area (Å²) in [6.07, 6.45) is -0.0000760. The van der Waals surface area contributed by atoms with Crippen LogP contribution in [-0.4, -0.2) is 123 Å². The molecule has 0 aliphatic carbocycles. The number of hydrogen-bond donors (Lipinski definition) is 2. The molecule has 0 saturated carbocycles. The lowest BCUT2D eigenvalue weighted by molar-refractivity contribution is -0.138. The number of ether oxygens (including phenoxy) is 9. The molecule has 12 heteroatoms. The molecule has 0 aromatic heterocycles. The van der Waals surface area contributed by atoms with Gasteiger partial charge in [-0.15, -0.1) is 0 Å². The molecule has 0 spiro atoms. The second-order valence-corrected chi connectivity index (χ2v) is 7.46. The minimum atomic E-state index is -0.873. The lowest BCUT2D eigenvalue weighted by atomic mass is 10.3. The van der Waals surface area contributed by atoms with Crippen molar-refractivity contribution < 1.29 is 52.5 Å². The van der Waals surface area contributed by atoms with Gasteiger partial charge in [0.05, 0.1) is 112 Å². The number of aliphatic carboxylic acids is 1. The van der Waals surface area contributed by atoms with Crippen molar-refractivity contribution in [2.45, 2.75) is 6.42 Å². The Hall–Kier alpha value is -2.03. The zero-order valence-corrected chi connectivity index (χ0v) is 21.6. The van der Waals surface area contributed by atoms with Crippen LogP contribution in [-0.2, 0) is 42.7 Å². The number of nitrogens with two attached hydrogens (primary N) is 1. The molecule has 0 heterocycles. The standard InChI is InChI=1S/C25H43NO11/c26-23-1-3-24(4-2-23)37-22-21-36-20-19-35-18-17-34-16-15-33-14-13-32-12-11-31-10-9-30-8-7-29-6-5-25(27)28/h1-4H,5-22,26H2,(H,27,28). The van der Waals surface area contributed by atoms with Crippen molar-refractivity contribution in [3.05, 3.63) is 24.3 Å². The van der Waals surface area contributed by atoms with Gasteiger partial charge in [-0.2, -0.15) is 0 Å². The Balaban J connectivity index is 1.65. The van der Waals surface area contributed by atoms with E-state index in [-0.39, 0.29) is 13.0 Å². The first-order chi connectivity index (χ1) is 18.2. The topological polar surface area (TPSA) is 146 Å². The molecule has 0 aliphatic heterocycles. The molecule has 37 heavy (non-hydrogen) atoms. The lowest BCUT2D eigenvalue weighted by Gasteiger charge is -2.09. The van der Waals surface area contributed by atoms with Crippen LogP contribution in [0.4, 0.5) is 5.69 Å². The van der Waals surface area contributed by atoms with E-state index in [0.717, 1.165) is 5.75 Å². The summed E-state index contributed by atoms with van der Waals surface area (Å²) in [5.41, 5.74) is 6.33. The van der Waals surface area contributed by atoms with E-state index in [4.69, 9.17) is 53.5 Å². The lowest BCUT2D eigenvalue weighted by Crippen LogP contribution is -2.15. The maximum absolute atomic E-state index is 10.3. The summed E-state index contributed by atoms with van der Waals surface area (Å²) in [5.74, 6) is -0.106. The molecule has 12 nitrogen and oxygen atoms in total. The fourth-order valence-corrected chi connectivity index (χ4v) is 2.58. The molecule has 1 aromatic rings. The third-order valence-corrected chi connectivity index (χ3v) is 4.44. The molecular weight excluding hydrogens is 490 g/mol. The first kappa shape index (κ1) is 33.0. The summed E-state index contributed by atoms with van der Waals surface area (Å²) in [4.78, 5) is 10.3. The molecule has 0 unspecified atom stereocenters. The average Bonchev–Trinajstić information content (AvgIpc) is 2.89. The molecule has 0 atom stereocenters. The van der Waals surface area contributed by atoms with Gasteiger partial charge in [0, 0.05) is 5.69 Å².